The molecule has 0 N–H and O–H groups in total. The lowest BCUT2D eigenvalue weighted by Crippen LogP contribution is -2.25. The zero-order chi connectivity index (χ0) is 14.4. The minimum Gasteiger partial charge on any atom is -0.174 e. The van der Waals surface area contributed by atoms with Crippen LogP contribution in [0.3, 0.4) is 0 Å². The third-order valence-corrected chi connectivity index (χ3v) is 5.70. The molecule has 0 bridgehead atoms. The third kappa shape index (κ3) is 4.86. The van der Waals surface area contributed by atoms with Crippen molar-refractivity contribution in [2.45, 2.75) is 77.6 Å². The molecule has 0 aliphatic heterocycles. The Morgan fingerprint density at radius 2 is 1.45 bits per heavy atom. The fourth-order valence-corrected chi connectivity index (χ4v) is 4.40. The summed E-state index contributed by atoms with van der Waals surface area (Å²) in [6.45, 7) is 2.28. The van der Waals surface area contributed by atoms with Gasteiger partial charge in [0.25, 0.3) is 6.08 Å². The van der Waals surface area contributed by atoms with Crippen LogP contribution in [0.5, 0.6) is 0 Å². The minimum absolute atomic E-state index is 0.150. The molecule has 0 aromatic rings. The predicted octanol–water partition coefficient (Wildman–Crippen LogP) is 6.57. The van der Waals surface area contributed by atoms with Crippen LogP contribution in [-0.4, -0.2) is 0 Å². The minimum atomic E-state index is -1.48. The van der Waals surface area contributed by atoms with Gasteiger partial charge in [-0.25, -0.2) is 0 Å². The summed E-state index contributed by atoms with van der Waals surface area (Å²) in [5.74, 6) is 2.85. The molecule has 2 rings (SSSR count). The van der Waals surface area contributed by atoms with Crippen LogP contribution in [0.1, 0.15) is 77.6 Å². The molecule has 0 unspecified atom stereocenters. The highest BCUT2D eigenvalue weighted by Gasteiger charge is 2.30. The second-order valence-electron chi connectivity index (χ2n) is 7.05. The lowest BCUT2D eigenvalue weighted by Gasteiger charge is -2.37. The van der Waals surface area contributed by atoms with E-state index in [0.717, 1.165) is 30.6 Å². The Hall–Kier alpha value is -0.400. The molecule has 0 atom stereocenters. The molecule has 2 aliphatic carbocycles. The van der Waals surface area contributed by atoms with Gasteiger partial charge in [-0.2, -0.15) is 8.78 Å². The average Bonchev–Trinajstić information content (AvgIpc) is 2.46. The van der Waals surface area contributed by atoms with Crippen molar-refractivity contribution in [1.82, 2.24) is 0 Å². The Bertz CT molecular complexity index is 291. The number of rotatable bonds is 5. The summed E-state index contributed by atoms with van der Waals surface area (Å²) in [7, 11) is 0. The van der Waals surface area contributed by atoms with Gasteiger partial charge in [-0.05, 0) is 68.3 Å². The van der Waals surface area contributed by atoms with Crippen molar-refractivity contribution < 1.29 is 8.78 Å². The first-order valence-corrected chi connectivity index (χ1v) is 8.71. The van der Waals surface area contributed by atoms with Crippen LogP contribution in [0.4, 0.5) is 8.78 Å². The van der Waals surface area contributed by atoms with Gasteiger partial charge < -0.3 is 0 Å². The molecule has 116 valence electrons. The number of hydrogen-bond acceptors (Lipinski definition) is 0. The largest absolute Gasteiger partial charge is 0.266 e. The lowest BCUT2D eigenvalue weighted by atomic mass is 9.68. The highest BCUT2D eigenvalue weighted by Crippen LogP contribution is 2.42. The maximum Gasteiger partial charge on any atom is 0.266 e. The molecule has 0 aromatic heterocycles. The summed E-state index contributed by atoms with van der Waals surface area (Å²) in [6.07, 6.45) is 13.8. The number of allylic oxidation sites excluding steroid dienone is 1. The van der Waals surface area contributed by atoms with Gasteiger partial charge in [0.05, 0.1) is 0 Å². The van der Waals surface area contributed by atoms with E-state index in [2.05, 4.69) is 6.92 Å². The molecule has 0 spiro atoms. The van der Waals surface area contributed by atoms with Crippen LogP contribution in [0, 0.1) is 23.7 Å². The van der Waals surface area contributed by atoms with E-state index in [-0.39, 0.29) is 5.92 Å². The van der Waals surface area contributed by atoms with Crippen LogP contribution in [0.15, 0.2) is 12.2 Å². The average molecular weight is 284 g/mol. The standard InChI is InChI=1S/C18H30F2/c1-2-3-4-14-5-9-16(10-6-14)17-11-7-15(8-12-17)13-18(19)20/h13-17H,2-12H2,1H3/t14-,15-,16-,17-. The first-order chi connectivity index (χ1) is 9.69. The molecule has 0 nitrogen and oxygen atoms in total. The SMILES string of the molecule is CCCC[C@H]1CC[C@H]([C@H]2CC[C@H](C=C(F)F)CC2)CC1. The van der Waals surface area contributed by atoms with Crippen LogP contribution in [0.25, 0.3) is 0 Å². The molecule has 2 fully saturated rings. The van der Waals surface area contributed by atoms with E-state index < -0.39 is 6.08 Å². The molecule has 0 saturated heterocycles. The van der Waals surface area contributed by atoms with Gasteiger partial charge in [-0.15, -0.1) is 0 Å². The molecule has 2 aliphatic rings. The summed E-state index contributed by atoms with van der Waals surface area (Å²) in [6, 6.07) is 0. The first-order valence-electron chi connectivity index (χ1n) is 8.71. The Kier molecular flexibility index (Phi) is 6.51. The van der Waals surface area contributed by atoms with Crippen molar-refractivity contribution in [2.75, 3.05) is 0 Å². The zero-order valence-corrected chi connectivity index (χ0v) is 12.9. The van der Waals surface area contributed by atoms with Gasteiger partial charge in [0.1, 0.15) is 0 Å². The molecule has 0 radical (unpaired) electrons. The topological polar surface area (TPSA) is 0 Å². The number of unbranched alkanes of at least 4 members (excludes halogenated alkanes) is 1. The van der Waals surface area contributed by atoms with E-state index >= 15 is 0 Å². The molecule has 2 saturated carbocycles. The maximum absolute atomic E-state index is 12.3. The van der Waals surface area contributed by atoms with E-state index in [1.54, 1.807) is 0 Å². The molecular weight excluding hydrogens is 254 g/mol. The second-order valence-corrected chi connectivity index (χ2v) is 7.05. The van der Waals surface area contributed by atoms with Crippen molar-refractivity contribution in [3.63, 3.8) is 0 Å². The Morgan fingerprint density at radius 1 is 0.900 bits per heavy atom. The van der Waals surface area contributed by atoms with Crippen molar-refractivity contribution in [2.24, 2.45) is 23.7 Å². The summed E-state index contributed by atoms with van der Waals surface area (Å²) >= 11 is 0. The monoisotopic (exact) mass is 284 g/mol. The quantitative estimate of drug-likeness (QED) is 0.535. The number of hydrogen-bond donors (Lipinski definition) is 0. The van der Waals surface area contributed by atoms with Crippen LogP contribution in [-0.2, 0) is 0 Å². The lowest BCUT2D eigenvalue weighted by molar-refractivity contribution is 0.151. The number of halogens is 2. The molecule has 0 heterocycles. The van der Waals surface area contributed by atoms with Gasteiger partial charge in [0.2, 0.25) is 0 Å². The summed E-state index contributed by atoms with van der Waals surface area (Å²) in [5, 5.41) is 0. The highest BCUT2D eigenvalue weighted by atomic mass is 19.3. The van der Waals surface area contributed by atoms with Crippen LogP contribution in [0.2, 0.25) is 0 Å². The molecule has 20 heavy (non-hydrogen) atoms. The summed E-state index contributed by atoms with van der Waals surface area (Å²) in [4.78, 5) is 0. The summed E-state index contributed by atoms with van der Waals surface area (Å²) < 4.78 is 24.6. The Balaban J connectivity index is 1.69. The normalized spacial score (nSPS) is 34.8. The highest BCUT2D eigenvalue weighted by molar-refractivity contribution is 4.92. The molecule has 0 amide bonds. The van der Waals surface area contributed by atoms with E-state index in [4.69, 9.17) is 0 Å². The summed E-state index contributed by atoms with van der Waals surface area (Å²) in [5.41, 5.74) is 0. The van der Waals surface area contributed by atoms with Crippen molar-refractivity contribution in [3.05, 3.63) is 12.2 Å². The molecular formula is C18H30F2. The van der Waals surface area contributed by atoms with Crippen molar-refractivity contribution in [3.8, 4) is 0 Å². The van der Waals surface area contributed by atoms with Crippen LogP contribution < -0.4 is 0 Å². The fourth-order valence-electron chi connectivity index (χ4n) is 4.40. The third-order valence-electron chi connectivity index (χ3n) is 5.70. The van der Waals surface area contributed by atoms with E-state index in [0.29, 0.717) is 0 Å². The predicted molar refractivity (Wildman–Crippen MR) is 80.7 cm³/mol. The zero-order valence-electron chi connectivity index (χ0n) is 12.9. The first kappa shape index (κ1) is 16.0. The smallest absolute Gasteiger partial charge is 0.174 e. The van der Waals surface area contributed by atoms with Gasteiger partial charge in [0, 0.05) is 0 Å². The van der Waals surface area contributed by atoms with Gasteiger partial charge in [0.15, 0.2) is 0 Å². The van der Waals surface area contributed by atoms with E-state index in [1.807, 2.05) is 0 Å². The Morgan fingerprint density at radius 3 is 1.95 bits per heavy atom. The molecule has 0 aromatic carbocycles. The van der Waals surface area contributed by atoms with E-state index in [9.17, 15) is 8.78 Å². The maximum atomic E-state index is 12.3. The second kappa shape index (κ2) is 8.14. The van der Waals surface area contributed by atoms with E-state index in [1.165, 1.54) is 63.9 Å². The van der Waals surface area contributed by atoms with Crippen molar-refractivity contribution in [1.29, 1.82) is 0 Å². The van der Waals surface area contributed by atoms with Gasteiger partial charge in [-0.3, -0.25) is 0 Å². The Labute approximate surface area is 123 Å². The fraction of sp³-hybridized carbons (Fsp3) is 0.889. The van der Waals surface area contributed by atoms with Crippen molar-refractivity contribution >= 4 is 0 Å². The molecule has 2 heteroatoms. The van der Waals surface area contributed by atoms with Crippen LogP contribution >= 0.6 is 0 Å². The van der Waals surface area contributed by atoms with Gasteiger partial charge >= 0.3 is 0 Å². The van der Waals surface area contributed by atoms with Gasteiger partial charge in [-0.1, -0.05) is 39.0 Å².